The summed E-state index contributed by atoms with van der Waals surface area (Å²) in [6.45, 7) is 7.67. The van der Waals surface area contributed by atoms with Gasteiger partial charge in [0.2, 0.25) is 0 Å². The molecule has 5 heteroatoms. The lowest BCUT2D eigenvalue weighted by molar-refractivity contribution is 0.686. The Morgan fingerprint density at radius 3 is 2.59 bits per heavy atom. The van der Waals surface area contributed by atoms with Crippen molar-refractivity contribution in [2.45, 2.75) is 33.4 Å². The van der Waals surface area contributed by atoms with Crippen molar-refractivity contribution in [2.24, 2.45) is 4.99 Å². The summed E-state index contributed by atoms with van der Waals surface area (Å²) < 4.78 is 0. The number of hydrogen-bond acceptors (Lipinski definition) is 2. The number of fused-ring (bicyclic) bond motifs is 1. The average Bonchev–Trinajstić information content (AvgIpc) is 2.67. The van der Waals surface area contributed by atoms with Crippen molar-refractivity contribution in [2.75, 3.05) is 6.54 Å². The molecule has 1 aromatic heterocycles. The monoisotopic (exact) mass is 474 g/mol. The number of rotatable bonds is 5. The summed E-state index contributed by atoms with van der Waals surface area (Å²) in [6.07, 6.45) is 1.82. The molecule has 0 bridgehead atoms. The molecular weight excluding hydrogens is 447 g/mol. The third-order valence-electron chi connectivity index (χ3n) is 4.48. The minimum atomic E-state index is 0. The minimum Gasteiger partial charge on any atom is -0.357 e. The van der Waals surface area contributed by atoms with Gasteiger partial charge in [0.1, 0.15) is 0 Å². The van der Waals surface area contributed by atoms with Crippen LogP contribution in [0.3, 0.4) is 0 Å². The van der Waals surface area contributed by atoms with Gasteiger partial charge in [0, 0.05) is 12.7 Å². The molecule has 1 unspecified atom stereocenters. The predicted molar refractivity (Wildman–Crippen MR) is 125 cm³/mol. The molecule has 2 aromatic carbocycles. The quantitative estimate of drug-likeness (QED) is 0.312. The summed E-state index contributed by atoms with van der Waals surface area (Å²) in [5.74, 6) is 0.804. The molecule has 1 atom stereocenters. The summed E-state index contributed by atoms with van der Waals surface area (Å²) in [5.41, 5.74) is 3.40. The van der Waals surface area contributed by atoms with Crippen LogP contribution in [0, 0.1) is 6.92 Å². The molecule has 0 aliphatic heterocycles. The van der Waals surface area contributed by atoms with Gasteiger partial charge in [0.25, 0.3) is 0 Å². The zero-order chi connectivity index (χ0) is 18.4. The summed E-state index contributed by atoms with van der Waals surface area (Å²) in [6, 6.07) is 19.2. The fourth-order valence-electron chi connectivity index (χ4n) is 2.92. The molecule has 27 heavy (non-hydrogen) atoms. The Bertz CT molecular complexity index is 907. The molecule has 2 N–H and O–H groups in total. The second kappa shape index (κ2) is 10.3. The highest BCUT2D eigenvalue weighted by atomic mass is 127. The van der Waals surface area contributed by atoms with Crippen molar-refractivity contribution in [3.63, 3.8) is 0 Å². The van der Waals surface area contributed by atoms with Crippen molar-refractivity contribution in [3.05, 3.63) is 77.6 Å². The van der Waals surface area contributed by atoms with Crippen LogP contribution in [0.4, 0.5) is 0 Å². The lowest BCUT2D eigenvalue weighted by atomic mass is 10.0. The van der Waals surface area contributed by atoms with Gasteiger partial charge in [-0.25, -0.2) is 4.99 Å². The fraction of sp³-hybridized carbons (Fsp3) is 0.273. The first-order chi connectivity index (χ1) is 12.7. The molecule has 142 valence electrons. The van der Waals surface area contributed by atoms with Crippen LogP contribution in [0.5, 0.6) is 0 Å². The molecule has 1 heterocycles. The number of nitrogens with one attached hydrogen (secondary N) is 2. The van der Waals surface area contributed by atoms with E-state index in [0.717, 1.165) is 23.8 Å². The Balaban J connectivity index is 0.00000261. The van der Waals surface area contributed by atoms with Crippen molar-refractivity contribution in [3.8, 4) is 0 Å². The number of halogens is 1. The molecule has 0 saturated heterocycles. The smallest absolute Gasteiger partial charge is 0.192 e. The number of benzene rings is 2. The lowest BCUT2D eigenvalue weighted by Crippen LogP contribution is -2.38. The number of hydrogen-bond donors (Lipinski definition) is 2. The van der Waals surface area contributed by atoms with Crippen molar-refractivity contribution >= 4 is 40.7 Å². The fourth-order valence-corrected chi connectivity index (χ4v) is 2.92. The number of nitrogens with zero attached hydrogens (tertiary/aromatic N) is 2. The van der Waals surface area contributed by atoms with Crippen LogP contribution in [0.25, 0.3) is 10.8 Å². The molecule has 0 spiro atoms. The van der Waals surface area contributed by atoms with E-state index in [1.165, 1.54) is 16.3 Å². The highest BCUT2D eigenvalue weighted by molar-refractivity contribution is 14.0. The maximum absolute atomic E-state index is 4.70. The third kappa shape index (κ3) is 5.66. The van der Waals surface area contributed by atoms with Crippen LogP contribution in [0.15, 0.2) is 65.8 Å². The Morgan fingerprint density at radius 2 is 1.85 bits per heavy atom. The van der Waals surface area contributed by atoms with Crippen LogP contribution in [0.2, 0.25) is 0 Å². The minimum absolute atomic E-state index is 0. The first kappa shape index (κ1) is 21.2. The van der Waals surface area contributed by atoms with Gasteiger partial charge in [-0.1, -0.05) is 42.5 Å². The van der Waals surface area contributed by atoms with Gasteiger partial charge < -0.3 is 10.6 Å². The van der Waals surface area contributed by atoms with Gasteiger partial charge in [-0.05, 0) is 54.8 Å². The number of guanidine groups is 1. The van der Waals surface area contributed by atoms with Crippen LogP contribution < -0.4 is 10.6 Å². The van der Waals surface area contributed by atoms with E-state index in [1.807, 2.05) is 12.3 Å². The molecule has 4 nitrogen and oxygen atoms in total. The highest BCUT2D eigenvalue weighted by Gasteiger charge is 2.09. The summed E-state index contributed by atoms with van der Waals surface area (Å²) in [7, 11) is 0. The summed E-state index contributed by atoms with van der Waals surface area (Å²) in [5, 5.41) is 9.33. The predicted octanol–water partition coefficient (Wildman–Crippen LogP) is 4.98. The number of aromatic nitrogens is 1. The van der Waals surface area contributed by atoms with E-state index in [4.69, 9.17) is 4.99 Å². The maximum Gasteiger partial charge on any atom is 0.192 e. The van der Waals surface area contributed by atoms with Crippen LogP contribution in [-0.4, -0.2) is 17.5 Å². The van der Waals surface area contributed by atoms with E-state index >= 15 is 0 Å². The molecule has 0 aliphatic carbocycles. The summed E-state index contributed by atoms with van der Waals surface area (Å²) in [4.78, 5) is 9.12. The van der Waals surface area contributed by atoms with Gasteiger partial charge in [0.15, 0.2) is 5.96 Å². The lowest BCUT2D eigenvalue weighted by Gasteiger charge is -2.19. The zero-order valence-electron chi connectivity index (χ0n) is 16.1. The molecule has 0 fully saturated rings. The van der Waals surface area contributed by atoms with Gasteiger partial charge in [-0.15, -0.1) is 24.0 Å². The van der Waals surface area contributed by atoms with E-state index in [2.05, 4.69) is 84.9 Å². The Hall–Kier alpha value is -2.15. The van der Waals surface area contributed by atoms with Gasteiger partial charge >= 0.3 is 0 Å². The zero-order valence-corrected chi connectivity index (χ0v) is 18.4. The number of pyridine rings is 1. The van der Waals surface area contributed by atoms with E-state index < -0.39 is 0 Å². The molecule has 3 aromatic rings. The highest BCUT2D eigenvalue weighted by Crippen LogP contribution is 2.20. The van der Waals surface area contributed by atoms with Gasteiger partial charge in [-0.2, -0.15) is 0 Å². The van der Waals surface area contributed by atoms with E-state index in [9.17, 15) is 0 Å². The molecule has 3 rings (SSSR count). The van der Waals surface area contributed by atoms with Crippen LogP contribution >= 0.6 is 24.0 Å². The summed E-state index contributed by atoms with van der Waals surface area (Å²) >= 11 is 0. The standard InChI is InChI=1S/C22H26N4.HI/c1-4-23-22(25-15-21-16(2)8-7-13-24-21)26-17(3)19-12-11-18-9-5-6-10-20(18)14-19;/h5-14,17H,4,15H2,1-3H3,(H2,23,25,26);1H. The molecule has 0 amide bonds. The SMILES string of the molecule is CCNC(=NCc1ncccc1C)NC(C)c1ccc2ccccc2c1.I. The number of aryl methyl sites for hydroxylation is 1. The first-order valence-corrected chi connectivity index (χ1v) is 9.11. The normalized spacial score (nSPS) is 12.3. The molecular formula is C22H27IN4. The van der Waals surface area contributed by atoms with E-state index in [1.54, 1.807) is 0 Å². The maximum atomic E-state index is 4.70. The molecule has 0 saturated carbocycles. The molecule has 0 aliphatic rings. The largest absolute Gasteiger partial charge is 0.357 e. The second-order valence-corrected chi connectivity index (χ2v) is 6.43. The van der Waals surface area contributed by atoms with E-state index in [0.29, 0.717) is 6.54 Å². The first-order valence-electron chi connectivity index (χ1n) is 9.11. The number of aliphatic imine (C=N–C) groups is 1. The topological polar surface area (TPSA) is 49.3 Å². The molecule has 0 radical (unpaired) electrons. The van der Waals surface area contributed by atoms with Crippen LogP contribution in [-0.2, 0) is 6.54 Å². The van der Waals surface area contributed by atoms with Crippen molar-refractivity contribution < 1.29 is 0 Å². The second-order valence-electron chi connectivity index (χ2n) is 6.43. The van der Waals surface area contributed by atoms with Crippen molar-refractivity contribution in [1.29, 1.82) is 0 Å². The Labute approximate surface area is 178 Å². The Kier molecular flexibility index (Phi) is 8.03. The Morgan fingerprint density at radius 1 is 1.07 bits per heavy atom. The van der Waals surface area contributed by atoms with E-state index in [-0.39, 0.29) is 30.0 Å². The van der Waals surface area contributed by atoms with Crippen molar-refractivity contribution in [1.82, 2.24) is 15.6 Å². The van der Waals surface area contributed by atoms with Gasteiger partial charge in [-0.3, -0.25) is 4.98 Å². The average molecular weight is 474 g/mol. The van der Waals surface area contributed by atoms with Crippen LogP contribution in [0.1, 0.15) is 36.7 Å². The third-order valence-corrected chi connectivity index (χ3v) is 4.48. The van der Waals surface area contributed by atoms with Gasteiger partial charge in [0.05, 0.1) is 18.3 Å².